The maximum atomic E-state index is 13.0. The molecule has 1 fully saturated rings. The van der Waals surface area contributed by atoms with Crippen molar-refractivity contribution in [1.29, 1.82) is 0 Å². The van der Waals surface area contributed by atoms with E-state index in [9.17, 15) is 27.9 Å². The van der Waals surface area contributed by atoms with E-state index in [4.69, 9.17) is 9.47 Å². The van der Waals surface area contributed by atoms with Crippen LogP contribution in [-0.2, 0) is 22.5 Å². The van der Waals surface area contributed by atoms with Gasteiger partial charge in [0.25, 0.3) is 5.91 Å². The average Bonchev–Trinajstić information content (AvgIpc) is 2.84. The van der Waals surface area contributed by atoms with Gasteiger partial charge in [0.05, 0.1) is 18.8 Å². The molecule has 0 aromatic heterocycles. The summed E-state index contributed by atoms with van der Waals surface area (Å²) in [5, 5.41) is 12.4. The molecule has 0 spiro atoms. The highest BCUT2D eigenvalue weighted by molar-refractivity contribution is 5.97. The number of amides is 1. The summed E-state index contributed by atoms with van der Waals surface area (Å²) in [6.07, 6.45) is 4.18. The first-order valence-corrected chi connectivity index (χ1v) is 11.1. The largest absolute Gasteiger partial charge is 0.496 e. The van der Waals surface area contributed by atoms with Gasteiger partial charge in [-0.3, -0.25) is 4.79 Å². The molecule has 1 aliphatic carbocycles. The van der Waals surface area contributed by atoms with Gasteiger partial charge >= 0.3 is 5.97 Å². The van der Waals surface area contributed by atoms with Crippen LogP contribution in [0.2, 0.25) is 0 Å². The summed E-state index contributed by atoms with van der Waals surface area (Å²) in [6, 6.07) is 10.9. The number of aliphatic carboxylic acids is 1. The van der Waals surface area contributed by atoms with Crippen molar-refractivity contribution in [3.63, 3.8) is 0 Å². The molecule has 0 saturated heterocycles. The van der Waals surface area contributed by atoms with Crippen LogP contribution in [-0.4, -0.2) is 43.2 Å². The van der Waals surface area contributed by atoms with Gasteiger partial charge in [-0.05, 0) is 48.2 Å². The molecule has 0 heterocycles. The highest BCUT2D eigenvalue weighted by Crippen LogP contribution is 2.25. The molecule has 6 nitrogen and oxygen atoms in total. The second-order valence-corrected chi connectivity index (χ2v) is 7.87. The lowest BCUT2D eigenvalue weighted by Crippen LogP contribution is -2.32. The van der Waals surface area contributed by atoms with Gasteiger partial charge in [-0.15, -0.1) is 0 Å². The summed E-state index contributed by atoms with van der Waals surface area (Å²) < 4.78 is 43.5. The fourth-order valence-electron chi connectivity index (χ4n) is 3.78. The quantitative estimate of drug-likeness (QED) is 0.527. The Labute approximate surface area is 197 Å². The zero-order valence-electron chi connectivity index (χ0n) is 19.1. The molecular formula is C25H30F3NO5. The van der Waals surface area contributed by atoms with E-state index in [0.29, 0.717) is 16.9 Å². The number of rotatable bonds is 9. The van der Waals surface area contributed by atoms with E-state index in [1.807, 2.05) is 0 Å². The van der Waals surface area contributed by atoms with Crippen LogP contribution in [0.15, 0.2) is 42.5 Å². The maximum absolute atomic E-state index is 13.0. The Kier molecular flexibility index (Phi) is 11.4. The Balaban J connectivity index is 0.00000129. The number of carbonyl (C=O) groups is 2. The van der Waals surface area contributed by atoms with Crippen molar-refractivity contribution >= 4 is 11.9 Å². The summed E-state index contributed by atoms with van der Waals surface area (Å²) >= 11 is 0. The lowest BCUT2D eigenvalue weighted by molar-refractivity contribution is -0.155. The number of nitrogens with one attached hydrogen (secondary N) is 1. The molecule has 0 radical (unpaired) electrons. The molecule has 9 heteroatoms. The summed E-state index contributed by atoms with van der Waals surface area (Å²) in [5.74, 6) is -1.32. The lowest BCUT2D eigenvalue weighted by atomic mass is 9.97. The molecule has 3 rings (SSSR count). The van der Waals surface area contributed by atoms with Crippen molar-refractivity contribution in [1.82, 2.24) is 5.32 Å². The highest BCUT2D eigenvalue weighted by Gasteiger charge is 2.25. The fourth-order valence-corrected chi connectivity index (χ4v) is 3.78. The van der Waals surface area contributed by atoms with E-state index in [1.54, 1.807) is 30.3 Å². The lowest BCUT2D eigenvalue weighted by Gasteiger charge is -2.25. The Morgan fingerprint density at radius 2 is 1.68 bits per heavy atom. The van der Waals surface area contributed by atoms with Gasteiger partial charge in [0.1, 0.15) is 11.6 Å². The summed E-state index contributed by atoms with van der Waals surface area (Å²) in [7, 11) is 1.47. The number of hydrogen-bond acceptors (Lipinski definition) is 4. The van der Waals surface area contributed by atoms with E-state index in [1.165, 1.54) is 19.2 Å². The monoisotopic (exact) mass is 481 g/mol. The van der Waals surface area contributed by atoms with Crippen LogP contribution in [0, 0.1) is 5.82 Å². The molecule has 0 aliphatic heterocycles. The SMILES string of the molecule is COc1ccc(CC(OC2CCCCC2)C(=O)O)cc1C(=O)NCc1ccc(F)cc1.FCF. The molecule has 1 amide bonds. The van der Waals surface area contributed by atoms with Crippen LogP contribution >= 0.6 is 0 Å². The van der Waals surface area contributed by atoms with E-state index in [2.05, 4.69) is 5.32 Å². The standard InChI is InChI=1S/C24H28FNO5.CH2F2/c1-30-21-12-9-17(14-22(24(28)29)31-19-5-3-2-4-6-19)13-20(21)23(27)26-15-16-7-10-18(25)11-8-16;2-1-3/h7-13,19,22H,2-6,14-15H2,1H3,(H,26,27)(H,28,29);1H2. The predicted molar refractivity (Wildman–Crippen MR) is 121 cm³/mol. The third-order valence-corrected chi connectivity index (χ3v) is 5.48. The maximum Gasteiger partial charge on any atom is 0.333 e. The topological polar surface area (TPSA) is 84.9 Å². The molecule has 186 valence electrons. The number of methoxy groups -OCH3 is 1. The first kappa shape index (κ1) is 27.2. The Morgan fingerprint density at radius 3 is 2.26 bits per heavy atom. The Morgan fingerprint density at radius 1 is 1.06 bits per heavy atom. The van der Waals surface area contributed by atoms with Crippen molar-refractivity contribution < 1.29 is 37.3 Å². The fraction of sp³-hybridized carbons (Fsp3) is 0.440. The number of carboxylic acid groups (broad SMARTS) is 1. The summed E-state index contributed by atoms with van der Waals surface area (Å²) in [6.45, 7) is -1.52. The number of ether oxygens (including phenoxy) is 2. The van der Waals surface area contributed by atoms with Gasteiger partial charge in [0, 0.05) is 13.0 Å². The van der Waals surface area contributed by atoms with Gasteiger partial charge in [-0.2, -0.15) is 0 Å². The Hall–Kier alpha value is -3.07. The number of benzene rings is 2. The molecule has 34 heavy (non-hydrogen) atoms. The molecule has 1 aliphatic rings. The molecule has 2 N–H and O–H groups in total. The van der Waals surface area contributed by atoms with E-state index in [-0.39, 0.29) is 30.8 Å². The van der Waals surface area contributed by atoms with Gasteiger partial charge < -0.3 is 19.9 Å². The molecule has 2 aromatic rings. The molecular weight excluding hydrogens is 451 g/mol. The van der Waals surface area contributed by atoms with Crippen LogP contribution in [0.3, 0.4) is 0 Å². The smallest absolute Gasteiger partial charge is 0.333 e. The normalized spacial score (nSPS) is 14.5. The van der Waals surface area contributed by atoms with Crippen LogP contribution in [0.1, 0.15) is 53.6 Å². The predicted octanol–water partition coefficient (Wildman–Crippen LogP) is 4.99. The molecule has 1 atom stereocenters. The van der Waals surface area contributed by atoms with Gasteiger partial charge in [0.2, 0.25) is 6.93 Å². The van der Waals surface area contributed by atoms with Crippen LogP contribution in [0.5, 0.6) is 5.75 Å². The van der Waals surface area contributed by atoms with Crippen molar-refractivity contribution in [2.75, 3.05) is 14.0 Å². The number of carbonyl (C=O) groups excluding carboxylic acids is 1. The third-order valence-electron chi connectivity index (χ3n) is 5.48. The zero-order valence-corrected chi connectivity index (χ0v) is 19.1. The number of alkyl halides is 2. The molecule has 2 aromatic carbocycles. The molecule has 1 saturated carbocycles. The minimum Gasteiger partial charge on any atom is -0.496 e. The minimum absolute atomic E-state index is 0.0356. The van der Waals surface area contributed by atoms with Crippen molar-refractivity contribution in [2.45, 2.75) is 57.3 Å². The second-order valence-electron chi connectivity index (χ2n) is 7.87. The summed E-state index contributed by atoms with van der Waals surface area (Å²) in [5.41, 5.74) is 1.75. The second kappa shape index (κ2) is 14.2. The summed E-state index contributed by atoms with van der Waals surface area (Å²) in [4.78, 5) is 24.5. The van der Waals surface area contributed by atoms with E-state index in [0.717, 1.165) is 37.7 Å². The highest BCUT2D eigenvalue weighted by atomic mass is 19.3. The van der Waals surface area contributed by atoms with Crippen LogP contribution < -0.4 is 10.1 Å². The minimum atomic E-state index is -1.75. The number of hydrogen-bond donors (Lipinski definition) is 2. The zero-order chi connectivity index (χ0) is 24.9. The van der Waals surface area contributed by atoms with Gasteiger partial charge in [-0.25, -0.2) is 18.0 Å². The first-order valence-electron chi connectivity index (χ1n) is 11.1. The van der Waals surface area contributed by atoms with Crippen LogP contribution in [0.4, 0.5) is 13.2 Å². The number of halogens is 3. The number of carboxylic acids is 1. The average molecular weight is 482 g/mol. The van der Waals surface area contributed by atoms with Gasteiger partial charge in [0.15, 0.2) is 6.10 Å². The van der Waals surface area contributed by atoms with Crippen molar-refractivity contribution in [2.24, 2.45) is 0 Å². The third kappa shape index (κ3) is 8.70. The van der Waals surface area contributed by atoms with Crippen molar-refractivity contribution in [3.05, 3.63) is 65.0 Å². The first-order chi connectivity index (χ1) is 16.4. The van der Waals surface area contributed by atoms with Gasteiger partial charge in [-0.1, -0.05) is 37.5 Å². The molecule has 1 unspecified atom stereocenters. The molecule has 0 bridgehead atoms. The Bertz CT molecular complexity index is 917. The van der Waals surface area contributed by atoms with Crippen molar-refractivity contribution in [3.8, 4) is 5.75 Å². The van der Waals surface area contributed by atoms with E-state index >= 15 is 0 Å². The van der Waals surface area contributed by atoms with Crippen LogP contribution in [0.25, 0.3) is 0 Å². The van der Waals surface area contributed by atoms with E-state index < -0.39 is 19.0 Å².